The second kappa shape index (κ2) is 6.50. The van der Waals surface area contributed by atoms with Crippen molar-refractivity contribution >= 4 is 11.6 Å². The largest absolute Gasteiger partial charge is 0.416 e. The van der Waals surface area contributed by atoms with Gasteiger partial charge in [-0.3, -0.25) is 0 Å². The molecule has 0 aromatic heterocycles. The van der Waals surface area contributed by atoms with Crippen molar-refractivity contribution in [2.75, 3.05) is 6.54 Å². The molecule has 0 spiro atoms. The topological polar surface area (TPSA) is 26.0 Å². The number of rotatable bonds is 4. The maximum atomic E-state index is 12.5. The van der Waals surface area contributed by atoms with Crippen molar-refractivity contribution in [3.05, 3.63) is 70.2 Å². The van der Waals surface area contributed by atoms with Crippen LogP contribution in [0.15, 0.2) is 48.5 Å². The maximum Gasteiger partial charge on any atom is 0.416 e. The fourth-order valence-electron chi connectivity index (χ4n) is 2.19. The molecule has 0 fully saturated rings. The zero-order chi connectivity index (χ0) is 15.5. The fourth-order valence-corrected chi connectivity index (χ4v) is 2.31. The van der Waals surface area contributed by atoms with Crippen LogP contribution in [0.25, 0.3) is 0 Å². The zero-order valence-corrected chi connectivity index (χ0v) is 12.0. The van der Waals surface area contributed by atoms with Crippen LogP contribution in [0, 0.1) is 0 Å². The SMILES string of the molecule is NCC(Cc1ccc(C(F)(F)F)cc1)c1ccc(Cl)cc1. The fraction of sp³-hybridized carbons (Fsp3) is 0.250. The van der Waals surface area contributed by atoms with E-state index in [4.69, 9.17) is 17.3 Å². The lowest BCUT2D eigenvalue weighted by Gasteiger charge is -2.16. The third-order valence-electron chi connectivity index (χ3n) is 3.39. The highest BCUT2D eigenvalue weighted by Crippen LogP contribution is 2.30. The molecule has 0 aliphatic carbocycles. The third kappa shape index (κ3) is 4.22. The van der Waals surface area contributed by atoms with Crippen molar-refractivity contribution < 1.29 is 13.2 Å². The van der Waals surface area contributed by atoms with Gasteiger partial charge >= 0.3 is 6.18 Å². The molecule has 112 valence electrons. The molecule has 5 heteroatoms. The van der Waals surface area contributed by atoms with Gasteiger partial charge in [0.05, 0.1) is 5.56 Å². The van der Waals surface area contributed by atoms with Crippen molar-refractivity contribution in [2.24, 2.45) is 5.73 Å². The Bertz CT molecular complexity index is 576. The van der Waals surface area contributed by atoms with Gasteiger partial charge in [0.1, 0.15) is 0 Å². The number of hydrogen-bond donors (Lipinski definition) is 1. The van der Waals surface area contributed by atoms with Crippen LogP contribution in [0.4, 0.5) is 13.2 Å². The Balaban J connectivity index is 2.13. The first kappa shape index (κ1) is 15.9. The average molecular weight is 314 g/mol. The van der Waals surface area contributed by atoms with Crippen LogP contribution in [-0.4, -0.2) is 6.54 Å². The van der Waals surface area contributed by atoms with E-state index in [-0.39, 0.29) is 5.92 Å². The maximum absolute atomic E-state index is 12.5. The van der Waals surface area contributed by atoms with E-state index in [1.54, 1.807) is 12.1 Å². The summed E-state index contributed by atoms with van der Waals surface area (Å²) in [5.41, 5.74) is 7.00. The smallest absolute Gasteiger partial charge is 0.330 e. The summed E-state index contributed by atoms with van der Waals surface area (Å²) in [6.45, 7) is 0.419. The molecule has 0 bridgehead atoms. The lowest BCUT2D eigenvalue weighted by atomic mass is 9.92. The molecule has 0 heterocycles. The molecular weight excluding hydrogens is 299 g/mol. The van der Waals surface area contributed by atoms with Crippen molar-refractivity contribution in [1.29, 1.82) is 0 Å². The second-order valence-electron chi connectivity index (χ2n) is 4.88. The molecule has 1 unspecified atom stereocenters. The summed E-state index contributed by atoms with van der Waals surface area (Å²) >= 11 is 5.84. The highest BCUT2D eigenvalue weighted by molar-refractivity contribution is 6.30. The molecule has 21 heavy (non-hydrogen) atoms. The number of alkyl halides is 3. The molecule has 0 saturated heterocycles. The minimum Gasteiger partial charge on any atom is -0.330 e. The van der Waals surface area contributed by atoms with E-state index in [1.807, 2.05) is 12.1 Å². The summed E-state index contributed by atoms with van der Waals surface area (Å²) in [5, 5.41) is 0.643. The van der Waals surface area contributed by atoms with Crippen molar-refractivity contribution in [1.82, 2.24) is 0 Å². The van der Waals surface area contributed by atoms with Crippen LogP contribution in [0.2, 0.25) is 5.02 Å². The minimum atomic E-state index is -4.30. The summed E-state index contributed by atoms with van der Waals surface area (Å²) in [5.74, 6) is 0.0546. The standard InChI is InChI=1S/C16H15ClF3N/c17-15-7-3-12(4-8-15)13(10-21)9-11-1-5-14(6-2-11)16(18,19)20/h1-8,13H,9-10,21H2. The molecule has 2 N–H and O–H groups in total. The Kier molecular flexibility index (Phi) is 4.91. The first-order valence-electron chi connectivity index (χ1n) is 6.52. The Labute approximate surface area is 126 Å². The van der Waals surface area contributed by atoms with Crippen molar-refractivity contribution in [3.63, 3.8) is 0 Å². The summed E-state index contributed by atoms with van der Waals surface area (Å²) < 4.78 is 37.6. The van der Waals surface area contributed by atoms with Crippen LogP contribution in [-0.2, 0) is 12.6 Å². The van der Waals surface area contributed by atoms with Crippen LogP contribution < -0.4 is 5.73 Å². The van der Waals surface area contributed by atoms with Gasteiger partial charge in [-0.05, 0) is 48.4 Å². The van der Waals surface area contributed by atoms with Crippen LogP contribution in [0.3, 0.4) is 0 Å². The van der Waals surface area contributed by atoms with Gasteiger partial charge in [-0.15, -0.1) is 0 Å². The molecule has 1 nitrogen and oxygen atoms in total. The van der Waals surface area contributed by atoms with Gasteiger partial charge in [0, 0.05) is 10.9 Å². The second-order valence-corrected chi connectivity index (χ2v) is 5.32. The van der Waals surface area contributed by atoms with E-state index in [2.05, 4.69) is 0 Å². The van der Waals surface area contributed by atoms with E-state index >= 15 is 0 Å². The predicted molar refractivity (Wildman–Crippen MR) is 78.4 cm³/mol. The summed E-state index contributed by atoms with van der Waals surface area (Å²) in [7, 11) is 0. The minimum absolute atomic E-state index is 0.0546. The Morgan fingerprint density at radius 3 is 2.00 bits per heavy atom. The molecule has 2 aromatic rings. The summed E-state index contributed by atoms with van der Waals surface area (Å²) in [4.78, 5) is 0. The Morgan fingerprint density at radius 1 is 0.952 bits per heavy atom. The molecule has 0 amide bonds. The number of hydrogen-bond acceptors (Lipinski definition) is 1. The highest BCUT2D eigenvalue weighted by atomic mass is 35.5. The van der Waals surface area contributed by atoms with Crippen molar-refractivity contribution in [2.45, 2.75) is 18.5 Å². The normalized spacial score (nSPS) is 13.2. The van der Waals surface area contributed by atoms with Crippen LogP contribution >= 0.6 is 11.6 Å². The highest BCUT2D eigenvalue weighted by Gasteiger charge is 2.29. The third-order valence-corrected chi connectivity index (χ3v) is 3.64. The van der Waals surface area contributed by atoms with Gasteiger partial charge in [-0.2, -0.15) is 13.2 Å². The molecule has 0 aliphatic heterocycles. The van der Waals surface area contributed by atoms with E-state index in [9.17, 15) is 13.2 Å². The molecule has 0 radical (unpaired) electrons. The number of benzene rings is 2. The Hall–Kier alpha value is -1.52. The van der Waals surface area contributed by atoms with Gasteiger partial charge in [0.25, 0.3) is 0 Å². The van der Waals surface area contributed by atoms with Gasteiger partial charge in [-0.1, -0.05) is 35.9 Å². The first-order valence-corrected chi connectivity index (χ1v) is 6.89. The first-order chi connectivity index (χ1) is 9.90. The summed E-state index contributed by atoms with van der Waals surface area (Å²) in [6, 6.07) is 12.6. The van der Waals surface area contributed by atoms with Gasteiger partial charge in [0.15, 0.2) is 0 Å². The van der Waals surface area contributed by atoms with Crippen molar-refractivity contribution in [3.8, 4) is 0 Å². The molecule has 2 rings (SSSR count). The molecule has 0 aliphatic rings. The zero-order valence-electron chi connectivity index (χ0n) is 11.2. The van der Waals surface area contributed by atoms with Crippen LogP contribution in [0.5, 0.6) is 0 Å². The lowest BCUT2D eigenvalue weighted by molar-refractivity contribution is -0.137. The average Bonchev–Trinajstić information content (AvgIpc) is 2.45. The molecule has 2 aromatic carbocycles. The van der Waals surface area contributed by atoms with Gasteiger partial charge in [-0.25, -0.2) is 0 Å². The van der Waals surface area contributed by atoms with E-state index in [0.29, 0.717) is 18.0 Å². The van der Waals surface area contributed by atoms with E-state index in [1.165, 1.54) is 12.1 Å². The molecule has 0 saturated carbocycles. The predicted octanol–water partition coefficient (Wildman–Crippen LogP) is 4.64. The number of nitrogens with two attached hydrogens (primary N) is 1. The summed E-state index contributed by atoms with van der Waals surface area (Å²) in [6.07, 6.45) is -3.71. The van der Waals surface area contributed by atoms with Gasteiger partial charge < -0.3 is 5.73 Å². The number of halogens is 4. The van der Waals surface area contributed by atoms with Crippen LogP contribution in [0.1, 0.15) is 22.6 Å². The lowest BCUT2D eigenvalue weighted by Crippen LogP contribution is -2.15. The molecular formula is C16H15ClF3N. The van der Waals surface area contributed by atoms with Gasteiger partial charge in [0.2, 0.25) is 0 Å². The van der Waals surface area contributed by atoms with E-state index in [0.717, 1.165) is 23.3 Å². The molecule has 1 atom stereocenters. The monoisotopic (exact) mass is 313 g/mol. The van der Waals surface area contributed by atoms with E-state index < -0.39 is 11.7 Å². The Morgan fingerprint density at radius 2 is 1.52 bits per heavy atom. The quantitative estimate of drug-likeness (QED) is 0.874.